The molecule has 0 aliphatic heterocycles. The summed E-state index contributed by atoms with van der Waals surface area (Å²) >= 11 is 1.59. The molecule has 0 spiro atoms. The van der Waals surface area contributed by atoms with E-state index in [1.165, 1.54) is 12.1 Å². The fourth-order valence-corrected chi connectivity index (χ4v) is 3.06. The minimum Gasteiger partial charge on any atom is -0.445 e. The van der Waals surface area contributed by atoms with E-state index in [0.717, 1.165) is 32.7 Å². The first-order chi connectivity index (χ1) is 9.04. The lowest BCUT2D eigenvalue weighted by molar-refractivity contribution is 0.501. The summed E-state index contributed by atoms with van der Waals surface area (Å²) in [7, 11) is 0. The summed E-state index contributed by atoms with van der Waals surface area (Å²) in [6.45, 7) is -4.91. The van der Waals surface area contributed by atoms with E-state index in [1.54, 1.807) is 11.3 Å². The molecule has 0 aliphatic carbocycles. The van der Waals surface area contributed by atoms with Crippen LogP contribution in [0, 0.1) is 0 Å². The van der Waals surface area contributed by atoms with E-state index in [4.69, 9.17) is 0 Å². The molecule has 0 radical (unpaired) electrons. The number of fused-ring (bicyclic) bond motifs is 1. The Morgan fingerprint density at radius 2 is 1.53 bits per heavy atom. The summed E-state index contributed by atoms with van der Waals surface area (Å²) in [5.41, 5.74) is 0.273. The lowest BCUT2D eigenvalue weighted by atomic mass is 9.80. The molecule has 19 heavy (non-hydrogen) atoms. The number of benzene rings is 2. The minimum absolute atomic E-state index is 0.551. The maximum absolute atomic E-state index is 12.6. The van der Waals surface area contributed by atoms with Crippen molar-refractivity contribution in [3.63, 3.8) is 0 Å². The van der Waals surface area contributed by atoms with Gasteiger partial charge >= 0.3 is 6.98 Å². The van der Waals surface area contributed by atoms with Crippen molar-refractivity contribution in [2.75, 3.05) is 0 Å². The number of halogens is 3. The van der Waals surface area contributed by atoms with Gasteiger partial charge in [0.2, 0.25) is 0 Å². The molecule has 0 saturated carbocycles. The maximum Gasteiger partial charge on any atom is 0.509 e. The highest BCUT2D eigenvalue weighted by Gasteiger charge is 2.24. The summed E-state index contributed by atoms with van der Waals surface area (Å²) in [4.78, 5) is 0.988. The van der Waals surface area contributed by atoms with Crippen molar-refractivity contribution >= 4 is 33.9 Å². The van der Waals surface area contributed by atoms with Crippen LogP contribution in [-0.2, 0) is 0 Å². The van der Waals surface area contributed by atoms with Crippen LogP contribution in [0.25, 0.3) is 20.5 Å². The standard InChI is InChI=1S/C14H9BF3S/c16-15(17,18)12-7-5-10(6-8-12)14-9-11-3-1-2-4-13(11)19-14/h1-9H/q-1. The SMILES string of the molecule is F[B-](F)(F)c1ccc(-c2cc3ccccc3s2)cc1. The van der Waals surface area contributed by atoms with Crippen molar-refractivity contribution in [3.8, 4) is 10.4 Å². The highest BCUT2D eigenvalue weighted by molar-refractivity contribution is 7.22. The highest BCUT2D eigenvalue weighted by Crippen LogP contribution is 2.33. The van der Waals surface area contributed by atoms with E-state index in [9.17, 15) is 12.9 Å². The third-order valence-electron chi connectivity index (χ3n) is 3.00. The van der Waals surface area contributed by atoms with E-state index in [2.05, 4.69) is 0 Å². The zero-order valence-electron chi connectivity index (χ0n) is 9.82. The van der Waals surface area contributed by atoms with Gasteiger partial charge in [-0.25, -0.2) is 0 Å². The van der Waals surface area contributed by atoms with Crippen LogP contribution < -0.4 is 5.46 Å². The molecule has 2 aromatic carbocycles. The summed E-state index contributed by atoms with van der Waals surface area (Å²) in [6.07, 6.45) is 0. The van der Waals surface area contributed by atoms with E-state index < -0.39 is 12.4 Å². The van der Waals surface area contributed by atoms with Gasteiger partial charge in [0, 0.05) is 9.58 Å². The van der Waals surface area contributed by atoms with Crippen LogP contribution >= 0.6 is 11.3 Å². The van der Waals surface area contributed by atoms with Gasteiger partial charge in [-0.1, -0.05) is 42.5 Å². The first-order valence-corrected chi connectivity index (χ1v) is 6.64. The van der Waals surface area contributed by atoms with E-state index in [0.29, 0.717) is 0 Å². The van der Waals surface area contributed by atoms with Crippen molar-refractivity contribution in [1.29, 1.82) is 0 Å². The number of rotatable bonds is 2. The Hall–Kier alpha value is -1.75. The first kappa shape index (κ1) is 12.3. The highest BCUT2D eigenvalue weighted by atomic mass is 32.1. The minimum atomic E-state index is -4.91. The maximum atomic E-state index is 12.6. The van der Waals surface area contributed by atoms with Crippen molar-refractivity contribution in [1.82, 2.24) is 0 Å². The topological polar surface area (TPSA) is 0 Å². The summed E-state index contributed by atoms with van der Waals surface area (Å²) < 4.78 is 38.8. The first-order valence-electron chi connectivity index (χ1n) is 5.83. The average Bonchev–Trinajstić information content (AvgIpc) is 2.81. The second kappa shape index (κ2) is 4.42. The smallest absolute Gasteiger partial charge is 0.445 e. The van der Waals surface area contributed by atoms with Gasteiger partial charge in [-0.3, -0.25) is 0 Å². The van der Waals surface area contributed by atoms with Gasteiger partial charge in [0.1, 0.15) is 0 Å². The average molecular weight is 277 g/mol. The molecule has 0 bridgehead atoms. The second-order valence-corrected chi connectivity index (χ2v) is 5.43. The molecule has 0 unspecified atom stereocenters. The molecule has 0 saturated heterocycles. The van der Waals surface area contributed by atoms with Gasteiger partial charge in [-0.05, 0) is 23.1 Å². The molecule has 1 heterocycles. The van der Waals surface area contributed by atoms with Crippen molar-refractivity contribution in [2.24, 2.45) is 0 Å². The summed E-state index contributed by atoms with van der Waals surface area (Å²) in [5, 5.41) is 1.12. The van der Waals surface area contributed by atoms with Crippen molar-refractivity contribution < 1.29 is 12.9 Å². The Balaban J connectivity index is 2.02. The van der Waals surface area contributed by atoms with Gasteiger partial charge in [0.25, 0.3) is 0 Å². The van der Waals surface area contributed by atoms with Gasteiger partial charge in [0.05, 0.1) is 0 Å². The normalized spacial score (nSPS) is 11.9. The molecular formula is C14H9BF3S-. The van der Waals surface area contributed by atoms with E-state index in [-0.39, 0.29) is 0 Å². The van der Waals surface area contributed by atoms with Crippen LogP contribution in [0.3, 0.4) is 0 Å². The molecule has 0 aliphatic rings. The molecule has 5 heteroatoms. The number of hydrogen-bond donors (Lipinski definition) is 0. The van der Waals surface area contributed by atoms with Crippen LogP contribution in [0.1, 0.15) is 0 Å². The van der Waals surface area contributed by atoms with Crippen LogP contribution in [0.15, 0.2) is 54.6 Å². The Morgan fingerprint density at radius 3 is 2.16 bits per heavy atom. The molecule has 3 rings (SSSR count). The van der Waals surface area contributed by atoms with Crippen LogP contribution in [0.2, 0.25) is 0 Å². The van der Waals surface area contributed by atoms with Crippen LogP contribution in [-0.4, -0.2) is 6.98 Å². The van der Waals surface area contributed by atoms with Gasteiger partial charge < -0.3 is 12.9 Å². The lowest BCUT2D eigenvalue weighted by Gasteiger charge is -2.14. The van der Waals surface area contributed by atoms with E-state index in [1.807, 2.05) is 30.3 Å². The predicted octanol–water partition coefficient (Wildman–Crippen LogP) is 4.62. The van der Waals surface area contributed by atoms with Crippen LogP contribution in [0.4, 0.5) is 12.9 Å². The van der Waals surface area contributed by atoms with Crippen molar-refractivity contribution in [2.45, 2.75) is 0 Å². The van der Waals surface area contributed by atoms with Crippen LogP contribution in [0.5, 0.6) is 0 Å². The fraction of sp³-hybridized carbons (Fsp3) is 0. The Bertz CT molecular complexity index is 680. The zero-order chi connectivity index (χ0) is 13.5. The molecule has 1 aromatic heterocycles. The third-order valence-corrected chi connectivity index (χ3v) is 4.16. The van der Waals surface area contributed by atoms with Gasteiger partial charge in [-0.2, -0.15) is 0 Å². The summed E-state index contributed by atoms with van der Waals surface area (Å²) in [6, 6.07) is 15.3. The molecular weight excluding hydrogens is 268 g/mol. The zero-order valence-corrected chi connectivity index (χ0v) is 10.6. The van der Waals surface area contributed by atoms with Gasteiger partial charge in [0.15, 0.2) is 0 Å². The third kappa shape index (κ3) is 2.38. The Morgan fingerprint density at radius 1 is 0.842 bits per heavy atom. The van der Waals surface area contributed by atoms with Crippen molar-refractivity contribution in [3.05, 3.63) is 54.6 Å². The monoisotopic (exact) mass is 277 g/mol. The number of thiophene rings is 1. The molecule has 0 fully saturated rings. The molecule has 0 nitrogen and oxygen atoms in total. The Labute approximate surface area is 112 Å². The molecule has 96 valence electrons. The summed E-state index contributed by atoms with van der Waals surface area (Å²) in [5.74, 6) is 0. The number of hydrogen-bond acceptors (Lipinski definition) is 1. The second-order valence-electron chi connectivity index (χ2n) is 4.35. The fourth-order valence-electron chi connectivity index (χ4n) is 1.99. The molecule has 0 atom stereocenters. The van der Waals surface area contributed by atoms with E-state index >= 15 is 0 Å². The lowest BCUT2D eigenvalue weighted by Crippen LogP contribution is -2.33. The molecule has 3 aromatic rings. The predicted molar refractivity (Wildman–Crippen MR) is 76.0 cm³/mol. The Kier molecular flexibility index (Phi) is 2.86. The quantitative estimate of drug-likeness (QED) is 0.599. The molecule has 0 N–H and O–H groups in total. The van der Waals surface area contributed by atoms with Gasteiger partial charge in [-0.15, -0.1) is 16.8 Å². The molecule has 0 amide bonds. The largest absolute Gasteiger partial charge is 0.509 e.